The van der Waals surface area contributed by atoms with Gasteiger partial charge in [0.25, 0.3) is 0 Å². The molecule has 2 rings (SSSR count). The van der Waals surface area contributed by atoms with Gasteiger partial charge in [0.05, 0.1) is 11.6 Å². The van der Waals surface area contributed by atoms with Crippen LogP contribution in [0.3, 0.4) is 0 Å². The van der Waals surface area contributed by atoms with Crippen molar-refractivity contribution >= 4 is 11.9 Å². The van der Waals surface area contributed by atoms with E-state index in [4.69, 9.17) is 0 Å². The molecule has 134 valence electrons. The van der Waals surface area contributed by atoms with Crippen LogP contribution in [0.4, 0.5) is 0 Å². The maximum atomic E-state index is 12.6. The normalized spacial score (nSPS) is 22.7. The maximum Gasteiger partial charge on any atom is 0.308 e. The highest BCUT2D eigenvalue weighted by Gasteiger charge is 2.31. The van der Waals surface area contributed by atoms with Crippen LogP contribution in [0.15, 0.2) is 0 Å². The fourth-order valence-electron chi connectivity index (χ4n) is 3.61. The maximum absolute atomic E-state index is 12.6. The Morgan fingerprint density at radius 3 is 2.54 bits per heavy atom. The highest BCUT2D eigenvalue weighted by atomic mass is 16.4. The number of nitrogens with one attached hydrogen (secondary N) is 1. The monoisotopic (exact) mass is 335 g/mol. The van der Waals surface area contributed by atoms with Crippen LogP contribution in [-0.4, -0.2) is 32.8 Å². The number of carbonyl (C=O) groups excluding carboxylic acids is 1. The van der Waals surface area contributed by atoms with Crippen LogP contribution < -0.4 is 5.32 Å². The summed E-state index contributed by atoms with van der Waals surface area (Å²) in [6.45, 7) is 5.86. The van der Waals surface area contributed by atoms with Crippen molar-refractivity contribution in [3.8, 4) is 0 Å². The van der Waals surface area contributed by atoms with Crippen molar-refractivity contribution in [1.29, 1.82) is 0 Å². The highest BCUT2D eigenvalue weighted by Crippen LogP contribution is 2.24. The minimum absolute atomic E-state index is 0.0594. The van der Waals surface area contributed by atoms with Crippen LogP contribution in [0.25, 0.3) is 0 Å². The first-order valence-corrected chi connectivity index (χ1v) is 8.83. The number of aryl methyl sites for hydroxylation is 2. The number of nitrogens with zero attached hydrogens (tertiary/aromatic N) is 2. The van der Waals surface area contributed by atoms with Crippen molar-refractivity contribution in [2.45, 2.75) is 65.3 Å². The number of amides is 1. The van der Waals surface area contributed by atoms with Gasteiger partial charge in [-0.3, -0.25) is 14.3 Å². The summed E-state index contributed by atoms with van der Waals surface area (Å²) in [5.74, 6) is -1.53. The quantitative estimate of drug-likeness (QED) is 0.809. The smallest absolute Gasteiger partial charge is 0.308 e. The summed E-state index contributed by atoms with van der Waals surface area (Å²) in [6, 6.07) is -0.254. The predicted octanol–water partition coefficient (Wildman–Crippen LogP) is 2.37. The van der Waals surface area contributed by atoms with Crippen LogP contribution >= 0.6 is 0 Å². The molecule has 1 aliphatic rings. The number of carboxylic acids is 1. The van der Waals surface area contributed by atoms with Gasteiger partial charge in [0.2, 0.25) is 5.91 Å². The van der Waals surface area contributed by atoms with Gasteiger partial charge in [-0.25, -0.2) is 0 Å². The molecule has 1 unspecified atom stereocenters. The van der Waals surface area contributed by atoms with Crippen molar-refractivity contribution < 1.29 is 14.7 Å². The van der Waals surface area contributed by atoms with E-state index in [2.05, 4.69) is 10.4 Å². The Labute approximate surface area is 143 Å². The predicted molar refractivity (Wildman–Crippen MR) is 91.7 cm³/mol. The number of hydrogen-bond acceptors (Lipinski definition) is 3. The van der Waals surface area contributed by atoms with Crippen LogP contribution in [-0.2, 0) is 23.1 Å². The Kier molecular flexibility index (Phi) is 6.02. The van der Waals surface area contributed by atoms with Gasteiger partial charge in [-0.1, -0.05) is 26.2 Å². The Hall–Kier alpha value is -1.85. The summed E-state index contributed by atoms with van der Waals surface area (Å²) < 4.78 is 1.83. The summed E-state index contributed by atoms with van der Waals surface area (Å²) >= 11 is 0. The first-order valence-electron chi connectivity index (χ1n) is 8.83. The minimum atomic E-state index is -0.797. The standard InChI is InChI=1S/C18H29N3O3/c1-11(10-15-12(2)20-21(4)13(15)3)17(22)19-16-9-7-5-6-8-14(16)18(23)24/h11,14,16H,5-10H2,1-4H3,(H,19,22)(H,23,24)/t11?,14-,16+/m1/s1. The molecule has 1 heterocycles. The van der Waals surface area contributed by atoms with Gasteiger partial charge >= 0.3 is 5.97 Å². The first kappa shape index (κ1) is 18.5. The molecule has 0 radical (unpaired) electrons. The Bertz CT molecular complexity index is 609. The van der Waals surface area contributed by atoms with Gasteiger partial charge in [0.1, 0.15) is 0 Å². The lowest BCUT2D eigenvalue weighted by molar-refractivity contribution is -0.143. The van der Waals surface area contributed by atoms with Gasteiger partial charge in [-0.15, -0.1) is 0 Å². The van der Waals surface area contributed by atoms with E-state index < -0.39 is 11.9 Å². The number of hydrogen-bond donors (Lipinski definition) is 2. The summed E-state index contributed by atoms with van der Waals surface area (Å²) in [6.07, 6.45) is 4.97. The van der Waals surface area contributed by atoms with E-state index in [1.807, 2.05) is 32.5 Å². The first-order chi connectivity index (χ1) is 11.3. The lowest BCUT2D eigenvalue weighted by atomic mass is 9.93. The number of carboxylic acid groups (broad SMARTS) is 1. The fourth-order valence-corrected chi connectivity index (χ4v) is 3.61. The summed E-state index contributed by atoms with van der Waals surface area (Å²) in [5, 5.41) is 16.8. The molecule has 3 atom stereocenters. The summed E-state index contributed by atoms with van der Waals surface area (Å²) in [4.78, 5) is 24.1. The molecule has 1 aliphatic carbocycles. The van der Waals surface area contributed by atoms with Crippen LogP contribution in [0, 0.1) is 25.7 Å². The zero-order chi connectivity index (χ0) is 17.9. The second-order valence-corrected chi connectivity index (χ2v) is 7.08. The van der Waals surface area contributed by atoms with E-state index >= 15 is 0 Å². The van der Waals surface area contributed by atoms with Crippen molar-refractivity contribution in [3.63, 3.8) is 0 Å². The average molecular weight is 335 g/mol. The second kappa shape index (κ2) is 7.81. The summed E-state index contributed by atoms with van der Waals surface area (Å²) in [5.41, 5.74) is 3.13. The van der Waals surface area contributed by atoms with Gasteiger partial charge in [-0.2, -0.15) is 5.10 Å². The average Bonchev–Trinajstić information content (AvgIpc) is 2.72. The van der Waals surface area contributed by atoms with E-state index in [0.717, 1.165) is 42.6 Å². The molecule has 1 amide bonds. The molecular formula is C18H29N3O3. The third kappa shape index (κ3) is 4.16. The number of aromatic nitrogens is 2. The molecule has 1 aromatic rings. The van der Waals surface area contributed by atoms with Crippen LogP contribution in [0.1, 0.15) is 56.0 Å². The van der Waals surface area contributed by atoms with Crippen LogP contribution in [0.2, 0.25) is 0 Å². The lowest BCUT2D eigenvalue weighted by Crippen LogP contribution is -2.45. The van der Waals surface area contributed by atoms with E-state index in [-0.39, 0.29) is 17.9 Å². The molecular weight excluding hydrogens is 306 g/mol. The van der Waals surface area contributed by atoms with Crippen molar-refractivity contribution in [2.75, 3.05) is 0 Å². The zero-order valence-corrected chi connectivity index (χ0v) is 15.1. The van der Waals surface area contributed by atoms with E-state index in [1.165, 1.54) is 0 Å². The van der Waals surface area contributed by atoms with E-state index in [1.54, 1.807) is 0 Å². The number of aliphatic carboxylic acids is 1. The molecule has 0 aliphatic heterocycles. The molecule has 6 nitrogen and oxygen atoms in total. The van der Waals surface area contributed by atoms with E-state index in [9.17, 15) is 14.7 Å². The third-order valence-electron chi connectivity index (χ3n) is 5.28. The highest BCUT2D eigenvalue weighted by molar-refractivity contribution is 5.80. The molecule has 1 aromatic heterocycles. The topological polar surface area (TPSA) is 84.2 Å². The molecule has 0 bridgehead atoms. The summed E-state index contributed by atoms with van der Waals surface area (Å²) in [7, 11) is 1.90. The Balaban J connectivity index is 2.03. The zero-order valence-electron chi connectivity index (χ0n) is 15.1. The molecule has 0 saturated heterocycles. The molecule has 24 heavy (non-hydrogen) atoms. The van der Waals surface area contributed by atoms with Gasteiger partial charge in [0.15, 0.2) is 0 Å². The molecule has 0 aromatic carbocycles. The van der Waals surface area contributed by atoms with Gasteiger partial charge < -0.3 is 10.4 Å². The molecule has 6 heteroatoms. The van der Waals surface area contributed by atoms with Crippen LogP contribution in [0.5, 0.6) is 0 Å². The molecule has 1 fully saturated rings. The number of rotatable bonds is 5. The number of carbonyl (C=O) groups is 2. The molecule has 0 spiro atoms. The largest absolute Gasteiger partial charge is 0.481 e. The van der Waals surface area contributed by atoms with Crippen molar-refractivity contribution in [3.05, 3.63) is 17.0 Å². The van der Waals surface area contributed by atoms with E-state index in [0.29, 0.717) is 12.8 Å². The molecule has 1 saturated carbocycles. The second-order valence-electron chi connectivity index (χ2n) is 7.08. The Morgan fingerprint density at radius 2 is 1.96 bits per heavy atom. The van der Waals surface area contributed by atoms with Crippen molar-refractivity contribution in [2.24, 2.45) is 18.9 Å². The lowest BCUT2D eigenvalue weighted by Gasteiger charge is -2.24. The third-order valence-corrected chi connectivity index (χ3v) is 5.28. The Morgan fingerprint density at radius 1 is 1.29 bits per heavy atom. The minimum Gasteiger partial charge on any atom is -0.481 e. The van der Waals surface area contributed by atoms with Crippen molar-refractivity contribution in [1.82, 2.24) is 15.1 Å². The van der Waals surface area contributed by atoms with Gasteiger partial charge in [0, 0.05) is 24.7 Å². The van der Waals surface area contributed by atoms with Gasteiger partial charge in [-0.05, 0) is 38.7 Å². The fraction of sp³-hybridized carbons (Fsp3) is 0.722. The SMILES string of the molecule is Cc1nn(C)c(C)c1CC(C)C(=O)N[C@H]1CCCCC[C@H]1C(=O)O. The molecule has 2 N–H and O–H groups in total.